The second-order valence-corrected chi connectivity index (χ2v) is 12.1. The van der Waals surface area contributed by atoms with Gasteiger partial charge in [-0.05, 0) is 85.4 Å². The number of aliphatic hydroxyl groups is 1. The van der Waals surface area contributed by atoms with E-state index < -0.39 is 0 Å². The zero-order chi connectivity index (χ0) is 21.0. The molecule has 2 unspecified atom stereocenters. The standard InChI is InChI=1S/C27H44O2/c1-17(2)7-6-8-18(3)23-16-24(29)25-21-10-9-19-15-20(28)11-13-26(19,4)22(21)12-14-27(23,25)5/h17-20,22-23,28H,6-16H2,1-5H3/t18?,19-,20?,22+,23-,26-,27+/m0/s1. The number of carbonyl (C=O) groups excluding carboxylic acids is 1. The maximum atomic E-state index is 13.4. The minimum atomic E-state index is -0.0969. The summed E-state index contributed by atoms with van der Waals surface area (Å²) in [5.41, 5.74) is 3.29. The third kappa shape index (κ3) is 3.56. The first kappa shape index (κ1) is 21.6. The molecule has 7 atom stereocenters. The van der Waals surface area contributed by atoms with Crippen LogP contribution in [0.1, 0.15) is 105 Å². The van der Waals surface area contributed by atoms with Crippen LogP contribution < -0.4 is 0 Å². The maximum absolute atomic E-state index is 13.4. The number of hydrogen-bond acceptors (Lipinski definition) is 2. The molecule has 0 aromatic rings. The van der Waals surface area contributed by atoms with Crippen LogP contribution in [0.3, 0.4) is 0 Å². The molecule has 0 bridgehead atoms. The highest BCUT2D eigenvalue weighted by Gasteiger charge is 2.57. The van der Waals surface area contributed by atoms with Crippen molar-refractivity contribution in [3.05, 3.63) is 11.1 Å². The van der Waals surface area contributed by atoms with E-state index in [0.717, 1.165) is 38.0 Å². The first-order chi connectivity index (χ1) is 13.7. The highest BCUT2D eigenvalue weighted by molar-refractivity contribution is 6.00. The van der Waals surface area contributed by atoms with Crippen molar-refractivity contribution in [3.63, 3.8) is 0 Å². The number of ketones is 1. The molecule has 0 aromatic heterocycles. The van der Waals surface area contributed by atoms with Crippen LogP contribution in [0.5, 0.6) is 0 Å². The molecule has 2 nitrogen and oxygen atoms in total. The molecule has 0 heterocycles. The molecule has 3 fully saturated rings. The van der Waals surface area contributed by atoms with Gasteiger partial charge in [0.05, 0.1) is 6.10 Å². The van der Waals surface area contributed by atoms with Crippen molar-refractivity contribution in [2.45, 2.75) is 111 Å². The molecule has 4 aliphatic carbocycles. The van der Waals surface area contributed by atoms with Crippen LogP contribution in [-0.4, -0.2) is 17.0 Å². The molecule has 4 aliphatic rings. The van der Waals surface area contributed by atoms with E-state index in [1.54, 1.807) is 5.57 Å². The number of rotatable bonds is 5. The number of aliphatic hydroxyl groups excluding tert-OH is 1. The van der Waals surface area contributed by atoms with Crippen LogP contribution in [-0.2, 0) is 4.79 Å². The lowest BCUT2D eigenvalue weighted by Gasteiger charge is -2.56. The van der Waals surface area contributed by atoms with Crippen LogP contribution >= 0.6 is 0 Å². The van der Waals surface area contributed by atoms with Crippen molar-refractivity contribution in [1.29, 1.82) is 0 Å². The van der Waals surface area contributed by atoms with Crippen molar-refractivity contribution in [1.82, 2.24) is 0 Å². The van der Waals surface area contributed by atoms with Crippen LogP contribution in [0.2, 0.25) is 0 Å². The number of allylic oxidation sites excluding steroid dienone is 2. The number of fused-ring (bicyclic) bond motifs is 4. The fourth-order valence-electron chi connectivity index (χ4n) is 8.22. The Labute approximate surface area is 178 Å². The minimum absolute atomic E-state index is 0.0969. The summed E-state index contributed by atoms with van der Waals surface area (Å²) >= 11 is 0. The SMILES string of the molecule is CC(C)CCCC(C)[C@@H]1CC(=O)C2=C3CC[C@H]4CC(O)CC[C@]4(C)[C@@H]3CC[C@@]21C. The van der Waals surface area contributed by atoms with E-state index in [1.807, 2.05) is 0 Å². The molecular weight excluding hydrogens is 356 g/mol. The normalized spacial score (nSPS) is 43.2. The van der Waals surface area contributed by atoms with E-state index in [2.05, 4.69) is 34.6 Å². The molecular formula is C27H44O2. The van der Waals surface area contributed by atoms with Gasteiger partial charge in [-0.25, -0.2) is 0 Å². The van der Waals surface area contributed by atoms with Crippen molar-refractivity contribution in [2.24, 2.45) is 40.4 Å². The Morgan fingerprint density at radius 1 is 1.07 bits per heavy atom. The number of hydrogen-bond donors (Lipinski definition) is 1. The second-order valence-electron chi connectivity index (χ2n) is 12.1. The largest absolute Gasteiger partial charge is 0.393 e. The fourth-order valence-corrected chi connectivity index (χ4v) is 8.22. The van der Waals surface area contributed by atoms with Crippen LogP contribution in [0.25, 0.3) is 0 Å². The monoisotopic (exact) mass is 400 g/mol. The van der Waals surface area contributed by atoms with Crippen LogP contribution in [0, 0.1) is 40.4 Å². The smallest absolute Gasteiger partial charge is 0.159 e. The molecule has 0 saturated heterocycles. The van der Waals surface area contributed by atoms with Crippen LogP contribution in [0.4, 0.5) is 0 Å². The Morgan fingerprint density at radius 2 is 1.83 bits per heavy atom. The first-order valence-electron chi connectivity index (χ1n) is 12.6. The predicted molar refractivity (Wildman–Crippen MR) is 120 cm³/mol. The van der Waals surface area contributed by atoms with Gasteiger partial charge in [-0.1, -0.05) is 59.5 Å². The summed E-state index contributed by atoms with van der Waals surface area (Å²) in [7, 11) is 0. The summed E-state index contributed by atoms with van der Waals surface area (Å²) in [5.74, 6) is 3.70. The number of carbonyl (C=O) groups is 1. The second kappa shape index (κ2) is 7.81. The molecule has 0 spiro atoms. The Kier molecular flexibility index (Phi) is 5.82. The minimum Gasteiger partial charge on any atom is -0.393 e. The molecule has 29 heavy (non-hydrogen) atoms. The molecule has 0 aliphatic heterocycles. The van der Waals surface area contributed by atoms with Crippen LogP contribution in [0.15, 0.2) is 11.1 Å². The maximum Gasteiger partial charge on any atom is 0.159 e. The van der Waals surface area contributed by atoms with Gasteiger partial charge in [0.25, 0.3) is 0 Å². The molecule has 0 radical (unpaired) electrons. The molecule has 0 amide bonds. The molecule has 3 saturated carbocycles. The quantitative estimate of drug-likeness (QED) is 0.556. The lowest BCUT2D eigenvalue weighted by atomic mass is 9.48. The van der Waals surface area contributed by atoms with E-state index in [4.69, 9.17) is 0 Å². The topological polar surface area (TPSA) is 37.3 Å². The molecule has 164 valence electrons. The van der Waals surface area contributed by atoms with Crippen molar-refractivity contribution >= 4 is 5.78 Å². The summed E-state index contributed by atoms with van der Waals surface area (Å²) < 4.78 is 0. The average Bonchev–Trinajstić information content (AvgIpc) is 2.93. The molecule has 2 heteroatoms. The highest BCUT2D eigenvalue weighted by atomic mass is 16.3. The summed E-state index contributed by atoms with van der Waals surface area (Å²) in [6.07, 6.45) is 12.4. The predicted octanol–water partition coefficient (Wildman–Crippen LogP) is 6.71. The summed E-state index contributed by atoms with van der Waals surface area (Å²) in [6, 6.07) is 0. The fraction of sp³-hybridized carbons (Fsp3) is 0.889. The molecule has 0 aromatic carbocycles. The highest BCUT2D eigenvalue weighted by Crippen LogP contribution is 2.65. The van der Waals surface area contributed by atoms with Gasteiger partial charge >= 0.3 is 0 Å². The van der Waals surface area contributed by atoms with E-state index >= 15 is 0 Å². The summed E-state index contributed by atoms with van der Waals surface area (Å²) in [6.45, 7) is 12.0. The zero-order valence-corrected chi connectivity index (χ0v) is 19.6. The molecule has 4 rings (SSSR count). The molecule has 1 N–H and O–H groups in total. The van der Waals surface area contributed by atoms with Gasteiger partial charge in [-0.2, -0.15) is 0 Å². The van der Waals surface area contributed by atoms with Gasteiger partial charge < -0.3 is 5.11 Å². The van der Waals surface area contributed by atoms with E-state index in [1.165, 1.54) is 44.1 Å². The van der Waals surface area contributed by atoms with Gasteiger partial charge in [0, 0.05) is 12.0 Å². The lowest BCUT2D eigenvalue weighted by molar-refractivity contribution is -0.115. The van der Waals surface area contributed by atoms with Gasteiger partial charge in [-0.3, -0.25) is 4.79 Å². The van der Waals surface area contributed by atoms with Gasteiger partial charge in [0.2, 0.25) is 0 Å². The lowest BCUT2D eigenvalue weighted by Crippen LogP contribution is -2.48. The van der Waals surface area contributed by atoms with Gasteiger partial charge in [-0.15, -0.1) is 0 Å². The number of Topliss-reactive ketones (excluding diaryl/α,β-unsaturated/α-hetero) is 1. The van der Waals surface area contributed by atoms with E-state index in [0.29, 0.717) is 34.9 Å². The first-order valence-corrected chi connectivity index (χ1v) is 12.6. The van der Waals surface area contributed by atoms with Gasteiger partial charge in [0.15, 0.2) is 5.78 Å². The Hall–Kier alpha value is -0.630. The Bertz CT molecular complexity index is 676. The Morgan fingerprint density at radius 3 is 2.55 bits per heavy atom. The van der Waals surface area contributed by atoms with E-state index in [-0.39, 0.29) is 11.5 Å². The average molecular weight is 401 g/mol. The summed E-state index contributed by atoms with van der Waals surface area (Å²) in [5, 5.41) is 10.2. The van der Waals surface area contributed by atoms with Crippen molar-refractivity contribution < 1.29 is 9.90 Å². The Balaban J connectivity index is 1.59. The van der Waals surface area contributed by atoms with Gasteiger partial charge in [0.1, 0.15) is 0 Å². The zero-order valence-electron chi connectivity index (χ0n) is 19.6. The van der Waals surface area contributed by atoms with Crippen molar-refractivity contribution in [2.75, 3.05) is 0 Å². The van der Waals surface area contributed by atoms with Crippen molar-refractivity contribution in [3.8, 4) is 0 Å². The summed E-state index contributed by atoms with van der Waals surface area (Å²) in [4.78, 5) is 13.4. The third-order valence-corrected chi connectivity index (χ3v) is 9.96. The third-order valence-electron chi connectivity index (χ3n) is 9.96. The van der Waals surface area contributed by atoms with E-state index in [9.17, 15) is 9.90 Å².